The zero-order valence-corrected chi connectivity index (χ0v) is 15.5. The first kappa shape index (κ1) is 17.4. The van der Waals surface area contributed by atoms with E-state index in [0.717, 1.165) is 16.3 Å². The Morgan fingerprint density at radius 1 is 0.852 bits per heavy atom. The minimum Gasteiger partial charge on any atom is -0.321 e. The molecule has 0 unspecified atom stereocenters. The molecule has 0 aliphatic carbocycles. The molecule has 3 nitrogen and oxygen atoms in total. The van der Waals surface area contributed by atoms with Gasteiger partial charge >= 0.3 is 0 Å². The highest BCUT2D eigenvalue weighted by molar-refractivity contribution is 6.36. The second-order valence-corrected chi connectivity index (χ2v) is 6.94. The Morgan fingerprint density at radius 3 is 2.37 bits per heavy atom. The fourth-order valence-electron chi connectivity index (χ4n) is 3.10. The molecule has 4 aromatic rings. The smallest absolute Gasteiger partial charge is 0.266 e. The van der Waals surface area contributed by atoms with Gasteiger partial charge in [0.25, 0.3) is 5.56 Å². The van der Waals surface area contributed by atoms with Crippen LogP contribution in [0.25, 0.3) is 33.2 Å². The van der Waals surface area contributed by atoms with Crippen LogP contribution in [0.15, 0.2) is 71.5 Å². The summed E-state index contributed by atoms with van der Waals surface area (Å²) in [6.07, 6.45) is 0. The molecular weight excluding hydrogens is 379 g/mol. The maximum absolute atomic E-state index is 12.5. The molecule has 27 heavy (non-hydrogen) atoms. The SMILES string of the molecule is N#Cc1c(-c2ccc(Cl)cc2Cl)cc(-c2ccc3ccccc3c2)[nH]c1=O. The standard InChI is InChI=1S/C22H12Cl2N2O/c23-16-7-8-17(20(24)10-16)18-11-21(26-22(27)19(18)12-25)15-6-5-13-3-1-2-4-14(13)9-15/h1-11H,(H,26,27). The number of aromatic amines is 1. The number of pyridine rings is 1. The van der Waals surface area contributed by atoms with E-state index < -0.39 is 5.56 Å². The minimum atomic E-state index is -0.454. The van der Waals surface area contributed by atoms with Gasteiger partial charge in [0, 0.05) is 26.9 Å². The fourth-order valence-corrected chi connectivity index (χ4v) is 3.61. The molecule has 0 spiro atoms. The van der Waals surface area contributed by atoms with Crippen molar-refractivity contribution >= 4 is 34.0 Å². The van der Waals surface area contributed by atoms with Crippen molar-refractivity contribution in [3.05, 3.63) is 92.7 Å². The highest BCUT2D eigenvalue weighted by Gasteiger charge is 2.15. The van der Waals surface area contributed by atoms with Crippen molar-refractivity contribution in [2.24, 2.45) is 0 Å². The van der Waals surface area contributed by atoms with Gasteiger partial charge in [-0.15, -0.1) is 0 Å². The molecule has 130 valence electrons. The van der Waals surface area contributed by atoms with Crippen molar-refractivity contribution in [2.75, 3.05) is 0 Å². The molecule has 0 radical (unpaired) electrons. The van der Waals surface area contributed by atoms with E-state index in [9.17, 15) is 10.1 Å². The number of fused-ring (bicyclic) bond motifs is 1. The van der Waals surface area contributed by atoms with Crippen LogP contribution in [0, 0.1) is 11.3 Å². The number of hydrogen-bond acceptors (Lipinski definition) is 2. The number of nitriles is 1. The topological polar surface area (TPSA) is 56.6 Å². The van der Waals surface area contributed by atoms with Gasteiger partial charge in [0.05, 0.1) is 0 Å². The average Bonchev–Trinajstić information content (AvgIpc) is 2.67. The molecule has 0 aliphatic rings. The second kappa shape index (κ2) is 6.92. The Labute approximate surface area is 165 Å². The Kier molecular flexibility index (Phi) is 4.45. The number of hydrogen-bond donors (Lipinski definition) is 1. The molecule has 0 saturated heterocycles. The molecule has 0 saturated carbocycles. The van der Waals surface area contributed by atoms with E-state index in [1.165, 1.54) is 0 Å². The van der Waals surface area contributed by atoms with Crippen LogP contribution in [0.4, 0.5) is 0 Å². The van der Waals surface area contributed by atoms with Crippen molar-refractivity contribution in [2.45, 2.75) is 0 Å². The number of rotatable bonds is 2. The molecule has 5 heteroatoms. The van der Waals surface area contributed by atoms with E-state index in [1.54, 1.807) is 24.3 Å². The van der Waals surface area contributed by atoms with Crippen molar-refractivity contribution in [3.63, 3.8) is 0 Å². The Morgan fingerprint density at radius 2 is 1.63 bits per heavy atom. The van der Waals surface area contributed by atoms with Crippen LogP contribution in [-0.4, -0.2) is 4.98 Å². The first-order valence-corrected chi connectivity index (χ1v) is 8.94. The summed E-state index contributed by atoms with van der Waals surface area (Å²) >= 11 is 12.3. The van der Waals surface area contributed by atoms with Crippen molar-refractivity contribution in [1.29, 1.82) is 5.26 Å². The molecule has 0 bridgehead atoms. The summed E-state index contributed by atoms with van der Waals surface area (Å²) in [5, 5.41) is 12.5. The molecule has 0 atom stereocenters. The first-order valence-electron chi connectivity index (χ1n) is 8.19. The van der Waals surface area contributed by atoms with Gasteiger partial charge < -0.3 is 4.98 Å². The van der Waals surface area contributed by atoms with Gasteiger partial charge in [0.15, 0.2) is 0 Å². The summed E-state index contributed by atoms with van der Waals surface area (Å²) in [6.45, 7) is 0. The van der Waals surface area contributed by atoms with Crippen LogP contribution >= 0.6 is 23.2 Å². The van der Waals surface area contributed by atoms with E-state index in [1.807, 2.05) is 48.5 Å². The third kappa shape index (κ3) is 3.21. The van der Waals surface area contributed by atoms with Crippen LogP contribution in [-0.2, 0) is 0 Å². The van der Waals surface area contributed by atoms with Gasteiger partial charge in [0.1, 0.15) is 11.6 Å². The van der Waals surface area contributed by atoms with E-state index in [2.05, 4.69) is 4.98 Å². The van der Waals surface area contributed by atoms with Gasteiger partial charge in [-0.1, -0.05) is 65.7 Å². The summed E-state index contributed by atoms with van der Waals surface area (Å²) in [7, 11) is 0. The number of nitrogens with zero attached hydrogens (tertiary/aromatic N) is 1. The molecule has 0 amide bonds. The fraction of sp³-hybridized carbons (Fsp3) is 0. The van der Waals surface area contributed by atoms with E-state index in [0.29, 0.717) is 26.9 Å². The lowest BCUT2D eigenvalue weighted by atomic mass is 9.98. The predicted molar refractivity (Wildman–Crippen MR) is 110 cm³/mol. The number of halogens is 2. The lowest BCUT2D eigenvalue weighted by Crippen LogP contribution is -2.12. The zero-order valence-electron chi connectivity index (χ0n) is 14.0. The number of H-pyrrole nitrogens is 1. The zero-order chi connectivity index (χ0) is 19.0. The van der Waals surface area contributed by atoms with Crippen molar-refractivity contribution in [3.8, 4) is 28.5 Å². The van der Waals surface area contributed by atoms with Crippen molar-refractivity contribution in [1.82, 2.24) is 4.98 Å². The maximum atomic E-state index is 12.5. The lowest BCUT2D eigenvalue weighted by Gasteiger charge is -2.10. The maximum Gasteiger partial charge on any atom is 0.266 e. The van der Waals surface area contributed by atoms with Crippen LogP contribution in [0.5, 0.6) is 0 Å². The van der Waals surface area contributed by atoms with E-state index in [-0.39, 0.29) is 5.56 Å². The van der Waals surface area contributed by atoms with Crippen LogP contribution in [0.3, 0.4) is 0 Å². The molecule has 1 N–H and O–H groups in total. The minimum absolute atomic E-state index is 0.0174. The van der Waals surface area contributed by atoms with E-state index >= 15 is 0 Å². The molecule has 1 heterocycles. The molecule has 0 aliphatic heterocycles. The summed E-state index contributed by atoms with van der Waals surface area (Å²) in [4.78, 5) is 15.3. The largest absolute Gasteiger partial charge is 0.321 e. The highest BCUT2D eigenvalue weighted by Crippen LogP contribution is 2.33. The van der Waals surface area contributed by atoms with Crippen LogP contribution < -0.4 is 5.56 Å². The van der Waals surface area contributed by atoms with Crippen LogP contribution in [0.2, 0.25) is 10.0 Å². The van der Waals surface area contributed by atoms with Gasteiger partial charge in [-0.3, -0.25) is 4.79 Å². The third-order valence-corrected chi connectivity index (χ3v) is 4.97. The number of benzene rings is 3. The third-order valence-electron chi connectivity index (χ3n) is 4.43. The summed E-state index contributed by atoms with van der Waals surface area (Å²) < 4.78 is 0. The van der Waals surface area contributed by atoms with Gasteiger partial charge in [0.2, 0.25) is 0 Å². The summed E-state index contributed by atoms with van der Waals surface area (Å²) in [5.41, 5.74) is 2.09. The predicted octanol–water partition coefficient (Wildman–Crippen LogP) is 6.04. The Hall–Kier alpha value is -3.06. The quantitative estimate of drug-likeness (QED) is 0.453. The summed E-state index contributed by atoms with van der Waals surface area (Å²) in [5.74, 6) is 0. The highest BCUT2D eigenvalue weighted by atomic mass is 35.5. The van der Waals surface area contributed by atoms with Gasteiger partial charge in [-0.2, -0.15) is 5.26 Å². The average molecular weight is 391 g/mol. The molecular formula is C22H12Cl2N2O. The van der Waals surface area contributed by atoms with Crippen molar-refractivity contribution < 1.29 is 0 Å². The molecule has 3 aromatic carbocycles. The monoisotopic (exact) mass is 390 g/mol. The van der Waals surface area contributed by atoms with Gasteiger partial charge in [-0.25, -0.2) is 0 Å². The molecule has 4 rings (SSSR count). The molecule has 1 aromatic heterocycles. The van der Waals surface area contributed by atoms with E-state index in [4.69, 9.17) is 23.2 Å². The Bertz CT molecular complexity index is 1290. The molecule has 0 fully saturated rings. The second-order valence-electron chi connectivity index (χ2n) is 6.10. The first-order chi connectivity index (χ1) is 13.1. The lowest BCUT2D eigenvalue weighted by molar-refractivity contribution is 1.22. The summed E-state index contributed by atoms with van der Waals surface area (Å²) in [6, 6.07) is 22.7. The van der Waals surface area contributed by atoms with Crippen LogP contribution in [0.1, 0.15) is 5.56 Å². The number of nitrogens with one attached hydrogen (secondary N) is 1. The number of aromatic nitrogens is 1. The Balaban J connectivity index is 1.96. The normalized spacial score (nSPS) is 10.7. The van der Waals surface area contributed by atoms with Gasteiger partial charge in [-0.05, 0) is 40.6 Å².